The summed E-state index contributed by atoms with van der Waals surface area (Å²) in [4.78, 5) is 5.78. The monoisotopic (exact) mass is 345 g/mol. The van der Waals surface area contributed by atoms with Gasteiger partial charge in [0.25, 0.3) is 0 Å². The number of imidazole rings is 1. The smallest absolute Gasteiger partial charge is 0.194 e. The lowest BCUT2D eigenvalue weighted by Gasteiger charge is -2.18. The molecule has 1 aromatic carbocycles. The van der Waals surface area contributed by atoms with Gasteiger partial charge in [0.1, 0.15) is 11.5 Å². The SMILES string of the molecule is COc1ccc(OC)c(-c2nc3scc(C(C)(C)C)n3c2CN)c1. The summed E-state index contributed by atoms with van der Waals surface area (Å²) in [6.45, 7) is 6.98. The molecule has 2 heterocycles. The number of benzene rings is 1. The molecule has 5 nitrogen and oxygen atoms in total. The number of fused-ring (bicyclic) bond motifs is 1. The second kappa shape index (κ2) is 6.11. The van der Waals surface area contributed by atoms with Gasteiger partial charge in [-0.15, -0.1) is 11.3 Å². The van der Waals surface area contributed by atoms with Gasteiger partial charge < -0.3 is 15.2 Å². The number of aromatic nitrogens is 2. The average molecular weight is 345 g/mol. The van der Waals surface area contributed by atoms with Crippen LogP contribution in [0.15, 0.2) is 23.6 Å². The molecule has 3 aromatic rings. The maximum Gasteiger partial charge on any atom is 0.194 e. The number of ether oxygens (including phenoxy) is 2. The van der Waals surface area contributed by atoms with Crippen molar-refractivity contribution in [2.75, 3.05) is 14.2 Å². The first-order valence-corrected chi connectivity index (χ1v) is 8.70. The molecule has 0 radical (unpaired) electrons. The minimum absolute atomic E-state index is 0.0125. The van der Waals surface area contributed by atoms with E-state index in [2.05, 4.69) is 30.6 Å². The van der Waals surface area contributed by atoms with Gasteiger partial charge in [0, 0.05) is 28.6 Å². The number of rotatable bonds is 4. The maximum atomic E-state index is 6.10. The Labute approximate surface area is 146 Å². The first-order valence-electron chi connectivity index (χ1n) is 7.82. The minimum atomic E-state index is 0.0125. The molecule has 0 amide bonds. The highest BCUT2D eigenvalue weighted by Gasteiger charge is 2.25. The van der Waals surface area contributed by atoms with E-state index in [1.165, 1.54) is 5.69 Å². The molecule has 2 aromatic heterocycles. The van der Waals surface area contributed by atoms with Crippen molar-refractivity contribution in [1.29, 1.82) is 0 Å². The molecule has 0 fully saturated rings. The van der Waals surface area contributed by atoms with Crippen LogP contribution in [0.4, 0.5) is 0 Å². The van der Waals surface area contributed by atoms with Crippen LogP contribution in [0.1, 0.15) is 32.2 Å². The quantitative estimate of drug-likeness (QED) is 0.780. The summed E-state index contributed by atoms with van der Waals surface area (Å²) in [6, 6.07) is 5.72. The lowest BCUT2D eigenvalue weighted by atomic mass is 9.93. The molecular formula is C18H23N3O2S. The van der Waals surface area contributed by atoms with Crippen LogP contribution in [0.2, 0.25) is 0 Å². The van der Waals surface area contributed by atoms with E-state index in [-0.39, 0.29) is 5.41 Å². The predicted molar refractivity (Wildman–Crippen MR) is 98.2 cm³/mol. The van der Waals surface area contributed by atoms with E-state index in [1.807, 2.05) is 18.2 Å². The molecule has 6 heteroatoms. The van der Waals surface area contributed by atoms with E-state index < -0.39 is 0 Å². The Morgan fingerprint density at radius 2 is 1.96 bits per heavy atom. The number of methoxy groups -OCH3 is 2. The highest BCUT2D eigenvalue weighted by molar-refractivity contribution is 7.15. The second-order valence-electron chi connectivity index (χ2n) is 6.67. The molecule has 0 saturated heterocycles. The van der Waals surface area contributed by atoms with Gasteiger partial charge >= 0.3 is 0 Å². The molecule has 0 bridgehead atoms. The summed E-state index contributed by atoms with van der Waals surface area (Å²) in [5.41, 5.74) is 10.1. The van der Waals surface area contributed by atoms with Crippen molar-refractivity contribution in [3.05, 3.63) is 35.0 Å². The van der Waals surface area contributed by atoms with Crippen LogP contribution in [0.3, 0.4) is 0 Å². The van der Waals surface area contributed by atoms with E-state index in [4.69, 9.17) is 20.2 Å². The molecule has 0 aliphatic carbocycles. The predicted octanol–water partition coefficient (Wildman–Crippen LogP) is 3.84. The second-order valence-corrected chi connectivity index (χ2v) is 7.50. The third-order valence-electron chi connectivity index (χ3n) is 4.08. The Hall–Kier alpha value is -2.05. The van der Waals surface area contributed by atoms with Crippen molar-refractivity contribution in [3.8, 4) is 22.8 Å². The van der Waals surface area contributed by atoms with Crippen molar-refractivity contribution >= 4 is 16.3 Å². The highest BCUT2D eigenvalue weighted by atomic mass is 32.1. The zero-order chi connectivity index (χ0) is 17.5. The molecule has 24 heavy (non-hydrogen) atoms. The molecule has 3 rings (SSSR count). The Morgan fingerprint density at radius 1 is 1.21 bits per heavy atom. The third-order valence-corrected chi connectivity index (χ3v) is 4.91. The summed E-state index contributed by atoms with van der Waals surface area (Å²) >= 11 is 1.63. The van der Waals surface area contributed by atoms with Crippen molar-refractivity contribution in [2.24, 2.45) is 5.73 Å². The van der Waals surface area contributed by atoms with Crippen LogP contribution < -0.4 is 15.2 Å². The van der Waals surface area contributed by atoms with Crippen LogP contribution in [-0.4, -0.2) is 23.6 Å². The van der Waals surface area contributed by atoms with Gasteiger partial charge in [0.15, 0.2) is 4.96 Å². The molecule has 0 atom stereocenters. The number of nitrogens with zero attached hydrogens (tertiary/aromatic N) is 2. The van der Waals surface area contributed by atoms with Crippen molar-refractivity contribution in [2.45, 2.75) is 32.7 Å². The molecule has 2 N–H and O–H groups in total. The molecule has 0 unspecified atom stereocenters. The van der Waals surface area contributed by atoms with Gasteiger partial charge in [-0.05, 0) is 18.2 Å². The van der Waals surface area contributed by atoms with Crippen molar-refractivity contribution in [3.63, 3.8) is 0 Å². The first-order chi connectivity index (χ1) is 11.4. The standard InChI is InChI=1S/C18H23N3O2S/c1-18(2,3)15-10-24-17-20-16(13(9-19)21(15)17)12-8-11(22-4)6-7-14(12)23-5/h6-8,10H,9,19H2,1-5H3. The normalized spacial score (nSPS) is 11.9. The first kappa shape index (κ1) is 16.8. The molecular weight excluding hydrogens is 322 g/mol. The fourth-order valence-electron chi connectivity index (χ4n) is 2.84. The maximum absolute atomic E-state index is 6.10. The lowest BCUT2D eigenvalue weighted by Crippen LogP contribution is -2.16. The Balaban J connectivity index is 2.30. The lowest BCUT2D eigenvalue weighted by molar-refractivity contribution is 0.404. The minimum Gasteiger partial charge on any atom is -0.497 e. The summed E-state index contributed by atoms with van der Waals surface area (Å²) in [5, 5.41) is 2.16. The van der Waals surface area contributed by atoms with E-state index in [9.17, 15) is 0 Å². The van der Waals surface area contributed by atoms with Gasteiger partial charge in [0.2, 0.25) is 0 Å². The van der Waals surface area contributed by atoms with E-state index in [1.54, 1.807) is 25.6 Å². The van der Waals surface area contributed by atoms with Crippen LogP contribution in [0, 0.1) is 0 Å². The Morgan fingerprint density at radius 3 is 2.54 bits per heavy atom. The highest BCUT2D eigenvalue weighted by Crippen LogP contribution is 2.38. The Kier molecular flexibility index (Phi) is 4.27. The van der Waals surface area contributed by atoms with Crippen LogP contribution in [0.25, 0.3) is 16.2 Å². The topological polar surface area (TPSA) is 61.8 Å². The summed E-state index contributed by atoms with van der Waals surface area (Å²) in [6.07, 6.45) is 0. The van der Waals surface area contributed by atoms with E-state index >= 15 is 0 Å². The summed E-state index contributed by atoms with van der Waals surface area (Å²) in [5.74, 6) is 1.52. The molecule has 0 aliphatic rings. The van der Waals surface area contributed by atoms with Gasteiger partial charge in [-0.1, -0.05) is 20.8 Å². The van der Waals surface area contributed by atoms with Crippen LogP contribution in [0.5, 0.6) is 11.5 Å². The number of thiazole rings is 1. The van der Waals surface area contributed by atoms with Crippen LogP contribution >= 0.6 is 11.3 Å². The van der Waals surface area contributed by atoms with E-state index in [0.717, 1.165) is 33.4 Å². The van der Waals surface area contributed by atoms with Gasteiger partial charge in [-0.2, -0.15) is 0 Å². The van der Waals surface area contributed by atoms with Gasteiger partial charge in [-0.25, -0.2) is 4.98 Å². The summed E-state index contributed by atoms with van der Waals surface area (Å²) in [7, 11) is 3.31. The zero-order valence-corrected chi connectivity index (χ0v) is 15.5. The molecule has 0 saturated carbocycles. The van der Waals surface area contributed by atoms with Crippen molar-refractivity contribution < 1.29 is 9.47 Å². The number of hydrogen-bond acceptors (Lipinski definition) is 5. The molecule has 0 spiro atoms. The van der Waals surface area contributed by atoms with Gasteiger partial charge in [-0.3, -0.25) is 4.40 Å². The number of hydrogen-bond donors (Lipinski definition) is 1. The van der Waals surface area contributed by atoms with Crippen LogP contribution in [-0.2, 0) is 12.0 Å². The fraction of sp³-hybridized carbons (Fsp3) is 0.389. The zero-order valence-electron chi connectivity index (χ0n) is 14.7. The fourth-order valence-corrected chi connectivity index (χ4v) is 3.97. The third kappa shape index (κ3) is 2.65. The van der Waals surface area contributed by atoms with Gasteiger partial charge in [0.05, 0.1) is 25.6 Å². The number of nitrogens with two attached hydrogens (primary N) is 1. The largest absolute Gasteiger partial charge is 0.497 e. The molecule has 128 valence electrons. The summed E-state index contributed by atoms with van der Waals surface area (Å²) < 4.78 is 13.1. The molecule has 0 aliphatic heterocycles. The van der Waals surface area contributed by atoms with Crippen molar-refractivity contribution in [1.82, 2.24) is 9.38 Å². The van der Waals surface area contributed by atoms with E-state index in [0.29, 0.717) is 6.54 Å². The Bertz CT molecular complexity index is 874. The average Bonchev–Trinajstić information content (AvgIpc) is 3.11.